The number of carboxylic acids is 1. The minimum Gasteiger partial charge on any atom is -0.534 e. The van der Waals surface area contributed by atoms with Crippen molar-refractivity contribution in [1.29, 1.82) is 0 Å². The number of hydrogen-bond donors (Lipinski definition) is 7. The molecular weight excluding hydrogens is 483 g/mol. The van der Waals surface area contributed by atoms with Crippen LogP contribution in [0.25, 0.3) is 0 Å². The van der Waals surface area contributed by atoms with Gasteiger partial charge >= 0.3 is 30.9 Å². The van der Waals surface area contributed by atoms with E-state index in [0.29, 0.717) is 4.90 Å². The lowest BCUT2D eigenvalue weighted by atomic mass is 9.72. The molecule has 2 aliphatic rings. The van der Waals surface area contributed by atoms with Gasteiger partial charge in [0, 0.05) is 19.6 Å². The third-order valence-electron chi connectivity index (χ3n) is 5.85. The summed E-state index contributed by atoms with van der Waals surface area (Å²) in [5.41, 5.74) is -0.723. The van der Waals surface area contributed by atoms with Crippen LogP contribution in [0.5, 0.6) is 17.2 Å². The summed E-state index contributed by atoms with van der Waals surface area (Å²) in [6.45, 7) is 3.12. The number of phenolic OH excluding ortho intramolecular Hbond substituents is 1. The quantitative estimate of drug-likeness (QED) is 0.120. The highest BCUT2D eigenvalue weighted by Gasteiger charge is 2.42. The number of carboxylic acid groups (broad SMARTS) is 1. The predicted molar refractivity (Wildman–Crippen MR) is 119 cm³/mol. The number of benzene rings is 1. The second-order valence-electron chi connectivity index (χ2n) is 8.25. The first-order valence-electron chi connectivity index (χ1n) is 10.9. The Labute approximate surface area is 204 Å². The van der Waals surface area contributed by atoms with Gasteiger partial charge in [0.15, 0.2) is 11.5 Å². The summed E-state index contributed by atoms with van der Waals surface area (Å²) >= 11 is 0. The normalized spacial score (nSPS) is 19.2. The average molecular weight is 508 g/mol. The van der Waals surface area contributed by atoms with Crippen molar-refractivity contribution in [3.05, 3.63) is 17.2 Å². The van der Waals surface area contributed by atoms with Gasteiger partial charge in [-0.25, -0.2) is 9.59 Å². The molecule has 16 heteroatoms. The topological polar surface area (TPSA) is 226 Å². The van der Waals surface area contributed by atoms with Gasteiger partial charge in [-0.3, -0.25) is 19.3 Å². The molecule has 0 unspecified atom stereocenters. The van der Waals surface area contributed by atoms with Gasteiger partial charge in [0.05, 0.1) is 12.0 Å². The molecule has 3 atom stereocenters. The van der Waals surface area contributed by atoms with E-state index in [1.165, 1.54) is 11.8 Å². The Balaban J connectivity index is 1.74. The number of urea groups is 1. The van der Waals surface area contributed by atoms with E-state index in [9.17, 15) is 49.4 Å². The van der Waals surface area contributed by atoms with E-state index in [1.54, 1.807) is 6.92 Å². The Morgan fingerprint density at radius 2 is 1.89 bits per heavy atom. The standard InChI is InChI=1S/C20H25BN4O11/c1-3-24-4-5-25(18(31)17(24)30)20(34)23-13(8(2)26)16(29)22-11-7-9-6-10(27)14(28)12(19(32)33)15(9)36-21(11)35/h6,8,11,13,26-28,35H,3-5,7H2,1-2H3,(H,22,29)(H,23,34)(H,32,33)/t8-,11+,13-/m1/s1. The number of carbonyl (C=O) groups is 5. The van der Waals surface area contributed by atoms with Crippen molar-refractivity contribution in [3.8, 4) is 17.2 Å². The van der Waals surface area contributed by atoms with Crippen molar-refractivity contribution in [2.45, 2.75) is 38.4 Å². The van der Waals surface area contributed by atoms with Crippen molar-refractivity contribution >= 4 is 36.8 Å². The molecule has 36 heavy (non-hydrogen) atoms. The van der Waals surface area contributed by atoms with Crippen LogP contribution in [0.1, 0.15) is 29.8 Å². The van der Waals surface area contributed by atoms with Crippen molar-refractivity contribution < 1.29 is 54.1 Å². The Morgan fingerprint density at radius 3 is 2.47 bits per heavy atom. The van der Waals surface area contributed by atoms with Gasteiger partial charge < -0.3 is 45.6 Å². The number of imide groups is 1. The van der Waals surface area contributed by atoms with Crippen molar-refractivity contribution in [1.82, 2.24) is 20.4 Å². The fraction of sp³-hybridized carbons (Fsp3) is 0.450. The summed E-state index contributed by atoms with van der Waals surface area (Å²) in [5, 5.41) is 53.9. The summed E-state index contributed by atoms with van der Waals surface area (Å²) in [4.78, 5) is 63.1. The smallest absolute Gasteiger partial charge is 0.534 e. The SMILES string of the molecule is CCN1CCN(C(=O)N[C@@H](C(=O)N[C@H]2Cc3cc(O)c(O)c(C(=O)O)c3OB2O)[C@@H](C)O)C(=O)C1=O. The van der Waals surface area contributed by atoms with Gasteiger partial charge in [0.2, 0.25) is 5.91 Å². The molecule has 1 fully saturated rings. The molecule has 3 rings (SSSR count). The Hall–Kier alpha value is -4.05. The number of phenols is 2. The van der Waals surface area contributed by atoms with Crippen LogP contribution in [0.15, 0.2) is 6.07 Å². The minimum absolute atomic E-state index is 0.0498. The third kappa shape index (κ3) is 4.99. The highest BCUT2D eigenvalue weighted by atomic mass is 16.5. The van der Waals surface area contributed by atoms with Gasteiger partial charge in [0.25, 0.3) is 0 Å². The van der Waals surface area contributed by atoms with Gasteiger partial charge in [0.1, 0.15) is 17.4 Å². The predicted octanol–water partition coefficient (Wildman–Crippen LogP) is -2.61. The molecule has 2 aliphatic heterocycles. The molecular formula is C20H25BN4O11. The molecule has 194 valence electrons. The maximum atomic E-state index is 12.9. The summed E-state index contributed by atoms with van der Waals surface area (Å²) in [7, 11) is -1.80. The van der Waals surface area contributed by atoms with Crippen LogP contribution in [-0.2, 0) is 20.8 Å². The lowest BCUT2D eigenvalue weighted by Gasteiger charge is -2.33. The number of nitrogens with one attached hydrogen (secondary N) is 2. The van der Waals surface area contributed by atoms with Gasteiger partial charge in [-0.15, -0.1) is 0 Å². The van der Waals surface area contributed by atoms with E-state index in [2.05, 4.69) is 10.6 Å². The number of aliphatic hydroxyl groups excluding tert-OH is 1. The zero-order valence-corrected chi connectivity index (χ0v) is 19.3. The molecule has 1 aromatic rings. The minimum atomic E-state index is -1.80. The number of amides is 5. The second kappa shape index (κ2) is 10.3. The third-order valence-corrected chi connectivity index (χ3v) is 5.85. The Kier molecular flexibility index (Phi) is 7.59. The number of likely N-dealkylation sites (N-methyl/N-ethyl adjacent to an activating group) is 1. The number of rotatable bonds is 6. The lowest BCUT2D eigenvalue weighted by molar-refractivity contribution is -0.153. The Bertz CT molecular complexity index is 1110. The number of fused-ring (bicyclic) bond motifs is 1. The number of piperazine rings is 1. The van der Waals surface area contributed by atoms with Crippen LogP contribution in [0.2, 0.25) is 0 Å². The molecule has 2 heterocycles. The summed E-state index contributed by atoms with van der Waals surface area (Å²) in [6, 6.07) is -1.68. The number of aromatic carboxylic acids is 1. The molecule has 5 amide bonds. The van der Waals surface area contributed by atoms with E-state index in [-0.39, 0.29) is 31.6 Å². The van der Waals surface area contributed by atoms with E-state index in [4.69, 9.17) is 4.65 Å². The van der Waals surface area contributed by atoms with E-state index in [1.807, 2.05) is 0 Å². The van der Waals surface area contributed by atoms with E-state index in [0.717, 1.165) is 6.07 Å². The van der Waals surface area contributed by atoms with Crippen LogP contribution < -0.4 is 15.3 Å². The van der Waals surface area contributed by atoms with Crippen LogP contribution in [0.4, 0.5) is 4.79 Å². The van der Waals surface area contributed by atoms with E-state index >= 15 is 0 Å². The molecule has 1 aromatic carbocycles. The zero-order valence-electron chi connectivity index (χ0n) is 19.3. The van der Waals surface area contributed by atoms with Gasteiger partial charge in [-0.2, -0.15) is 0 Å². The number of aliphatic hydroxyl groups is 1. The van der Waals surface area contributed by atoms with Crippen molar-refractivity contribution in [2.75, 3.05) is 19.6 Å². The number of nitrogens with zero attached hydrogens (tertiary/aromatic N) is 2. The van der Waals surface area contributed by atoms with Crippen molar-refractivity contribution in [2.24, 2.45) is 0 Å². The highest BCUT2D eigenvalue weighted by Crippen LogP contribution is 2.41. The van der Waals surface area contributed by atoms with Crippen molar-refractivity contribution in [3.63, 3.8) is 0 Å². The van der Waals surface area contributed by atoms with Crippen LogP contribution in [0, 0.1) is 0 Å². The molecule has 0 spiro atoms. The number of hydrogen-bond acceptors (Lipinski definition) is 10. The summed E-state index contributed by atoms with van der Waals surface area (Å²) in [6.07, 6.45) is -1.71. The fourth-order valence-electron chi connectivity index (χ4n) is 3.90. The van der Waals surface area contributed by atoms with E-state index < -0.39 is 77.7 Å². The summed E-state index contributed by atoms with van der Waals surface area (Å²) in [5.74, 6) is -7.91. The molecule has 1 saturated heterocycles. The molecule has 7 N–H and O–H groups in total. The largest absolute Gasteiger partial charge is 0.547 e. The fourth-order valence-corrected chi connectivity index (χ4v) is 3.90. The molecule has 0 aliphatic carbocycles. The van der Waals surface area contributed by atoms with Crippen LogP contribution in [0.3, 0.4) is 0 Å². The Morgan fingerprint density at radius 1 is 1.22 bits per heavy atom. The number of carbonyl (C=O) groups excluding carboxylic acids is 4. The first-order valence-corrected chi connectivity index (χ1v) is 10.9. The molecule has 0 aromatic heterocycles. The highest BCUT2D eigenvalue weighted by molar-refractivity contribution is 6.47. The average Bonchev–Trinajstić information content (AvgIpc) is 2.80. The second-order valence-corrected chi connectivity index (χ2v) is 8.25. The first kappa shape index (κ1) is 26.6. The maximum Gasteiger partial charge on any atom is 0.547 e. The molecule has 0 bridgehead atoms. The number of aromatic hydroxyl groups is 2. The zero-order chi connectivity index (χ0) is 26.9. The van der Waals surface area contributed by atoms with Gasteiger partial charge in [-0.05, 0) is 31.9 Å². The molecule has 15 nitrogen and oxygen atoms in total. The molecule has 0 saturated carbocycles. The van der Waals surface area contributed by atoms with Crippen LogP contribution in [-0.4, -0.2) is 110 Å². The lowest BCUT2D eigenvalue weighted by Crippen LogP contribution is -2.63. The monoisotopic (exact) mass is 508 g/mol. The summed E-state index contributed by atoms with van der Waals surface area (Å²) < 4.78 is 5.18. The first-order chi connectivity index (χ1) is 16.9. The van der Waals surface area contributed by atoms with Crippen LogP contribution >= 0.6 is 0 Å². The maximum absolute atomic E-state index is 12.9. The molecule has 0 radical (unpaired) electrons. The van der Waals surface area contributed by atoms with Gasteiger partial charge in [-0.1, -0.05) is 0 Å².